The van der Waals surface area contributed by atoms with Gasteiger partial charge in [0, 0.05) is 19.3 Å². The molecule has 2 atom stereocenters. The molecule has 1 rings (SSSR count). The summed E-state index contributed by atoms with van der Waals surface area (Å²) in [5, 5.41) is 13.5. The van der Waals surface area contributed by atoms with Gasteiger partial charge in [-0.15, -0.1) is 0 Å². The van der Waals surface area contributed by atoms with Crippen molar-refractivity contribution in [3.8, 4) is 0 Å². The highest BCUT2D eigenvalue weighted by atomic mass is 16.5. The van der Waals surface area contributed by atoms with Gasteiger partial charge in [0.15, 0.2) is 0 Å². The van der Waals surface area contributed by atoms with E-state index < -0.39 is 6.10 Å². The summed E-state index contributed by atoms with van der Waals surface area (Å²) >= 11 is 0. The van der Waals surface area contributed by atoms with E-state index in [-0.39, 0.29) is 6.04 Å². The molecule has 3 heteroatoms. The fraction of sp³-hybridized carbons (Fsp3) is 0.625. The van der Waals surface area contributed by atoms with E-state index in [4.69, 9.17) is 4.74 Å². The van der Waals surface area contributed by atoms with Gasteiger partial charge in [0.2, 0.25) is 0 Å². The van der Waals surface area contributed by atoms with Gasteiger partial charge in [0.25, 0.3) is 0 Å². The lowest BCUT2D eigenvalue weighted by Crippen LogP contribution is -2.33. The summed E-state index contributed by atoms with van der Waals surface area (Å²) in [6.07, 6.45) is 2.84. The summed E-state index contributed by atoms with van der Waals surface area (Å²) in [5.41, 5.74) is 0.960. The van der Waals surface area contributed by atoms with Gasteiger partial charge in [-0.25, -0.2) is 0 Å². The average Bonchev–Trinajstić information content (AvgIpc) is 2.46. The highest BCUT2D eigenvalue weighted by molar-refractivity contribution is 5.18. The maximum atomic E-state index is 10.2. The molecule has 3 nitrogen and oxygen atoms in total. The van der Waals surface area contributed by atoms with Crippen molar-refractivity contribution in [2.24, 2.45) is 0 Å². The van der Waals surface area contributed by atoms with Gasteiger partial charge in [0.05, 0.1) is 6.10 Å². The Morgan fingerprint density at radius 2 is 1.84 bits per heavy atom. The van der Waals surface area contributed by atoms with Gasteiger partial charge in [-0.05, 0) is 31.9 Å². The smallest absolute Gasteiger partial charge is 0.0940 e. The fourth-order valence-corrected chi connectivity index (χ4v) is 1.90. The standard InChI is InChI=1S/C16H27NO2/c1-3-4-12-19-13-8-11-17-14(2)16(18)15-9-6-5-7-10-15/h5-7,9-10,14,16-18H,3-4,8,11-13H2,1-2H3. The third-order valence-corrected chi connectivity index (χ3v) is 3.19. The van der Waals surface area contributed by atoms with Crippen LogP contribution in [0.1, 0.15) is 44.8 Å². The second kappa shape index (κ2) is 9.96. The number of aliphatic hydroxyl groups excluding tert-OH is 1. The van der Waals surface area contributed by atoms with Crippen LogP contribution in [-0.4, -0.2) is 30.9 Å². The number of hydrogen-bond donors (Lipinski definition) is 2. The normalized spacial score (nSPS) is 14.3. The Kier molecular flexibility index (Phi) is 8.47. The summed E-state index contributed by atoms with van der Waals surface area (Å²) in [6.45, 7) is 6.70. The van der Waals surface area contributed by atoms with Crippen molar-refractivity contribution in [2.45, 2.75) is 45.3 Å². The molecule has 0 saturated heterocycles. The predicted octanol–water partition coefficient (Wildman–Crippen LogP) is 2.90. The third kappa shape index (κ3) is 6.71. The van der Waals surface area contributed by atoms with Crippen LogP contribution in [0.3, 0.4) is 0 Å². The zero-order valence-corrected chi connectivity index (χ0v) is 12.1. The van der Waals surface area contributed by atoms with E-state index in [2.05, 4.69) is 12.2 Å². The molecule has 0 spiro atoms. The average molecular weight is 265 g/mol. The van der Waals surface area contributed by atoms with Crippen molar-refractivity contribution in [2.75, 3.05) is 19.8 Å². The lowest BCUT2D eigenvalue weighted by molar-refractivity contribution is 0.118. The largest absolute Gasteiger partial charge is 0.387 e. The number of hydrogen-bond acceptors (Lipinski definition) is 3. The van der Waals surface area contributed by atoms with E-state index in [9.17, 15) is 5.11 Å². The van der Waals surface area contributed by atoms with Crippen molar-refractivity contribution < 1.29 is 9.84 Å². The topological polar surface area (TPSA) is 41.5 Å². The van der Waals surface area contributed by atoms with Crippen molar-refractivity contribution >= 4 is 0 Å². The Balaban J connectivity index is 2.12. The molecule has 0 aromatic heterocycles. The molecule has 0 aliphatic rings. The van der Waals surface area contributed by atoms with E-state index >= 15 is 0 Å². The van der Waals surface area contributed by atoms with Crippen molar-refractivity contribution in [1.29, 1.82) is 0 Å². The van der Waals surface area contributed by atoms with Crippen molar-refractivity contribution in [1.82, 2.24) is 5.32 Å². The van der Waals surface area contributed by atoms with Gasteiger partial charge in [0.1, 0.15) is 0 Å². The zero-order valence-electron chi connectivity index (χ0n) is 12.1. The van der Waals surface area contributed by atoms with Gasteiger partial charge in [-0.3, -0.25) is 0 Å². The molecule has 1 aromatic rings. The van der Waals surface area contributed by atoms with Crippen molar-refractivity contribution in [3.63, 3.8) is 0 Å². The predicted molar refractivity (Wildman–Crippen MR) is 79.2 cm³/mol. The second-order valence-electron chi connectivity index (χ2n) is 4.92. The molecule has 0 fully saturated rings. The van der Waals surface area contributed by atoms with Crippen LogP contribution < -0.4 is 5.32 Å². The molecule has 0 heterocycles. The number of aliphatic hydroxyl groups is 1. The van der Waals surface area contributed by atoms with Crippen molar-refractivity contribution in [3.05, 3.63) is 35.9 Å². The Morgan fingerprint density at radius 1 is 1.16 bits per heavy atom. The first-order chi connectivity index (χ1) is 9.25. The first-order valence-corrected chi connectivity index (χ1v) is 7.29. The van der Waals surface area contributed by atoms with Gasteiger partial charge in [-0.2, -0.15) is 0 Å². The first-order valence-electron chi connectivity index (χ1n) is 7.29. The minimum atomic E-state index is -0.456. The summed E-state index contributed by atoms with van der Waals surface area (Å²) < 4.78 is 5.50. The Labute approximate surface area is 117 Å². The van der Waals surface area contributed by atoms with Gasteiger partial charge in [-0.1, -0.05) is 43.7 Å². The van der Waals surface area contributed by atoms with E-state index in [0.29, 0.717) is 0 Å². The quantitative estimate of drug-likeness (QED) is 0.639. The minimum absolute atomic E-state index is 0.0537. The second-order valence-corrected chi connectivity index (χ2v) is 4.92. The van der Waals surface area contributed by atoms with Crippen LogP contribution in [0.15, 0.2) is 30.3 Å². The van der Waals surface area contributed by atoms with Gasteiger partial charge < -0.3 is 15.2 Å². The van der Waals surface area contributed by atoms with Crippen LogP contribution in [0.5, 0.6) is 0 Å². The maximum absolute atomic E-state index is 10.2. The molecule has 0 saturated carbocycles. The van der Waals surface area contributed by atoms with E-state index in [1.54, 1.807) is 0 Å². The molecule has 0 aliphatic heterocycles. The number of nitrogens with one attached hydrogen (secondary N) is 1. The number of rotatable bonds is 10. The molecule has 2 N–H and O–H groups in total. The van der Waals surface area contributed by atoms with Crippen LogP contribution in [-0.2, 0) is 4.74 Å². The molecule has 0 amide bonds. The fourth-order valence-electron chi connectivity index (χ4n) is 1.90. The molecule has 19 heavy (non-hydrogen) atoms. The highest BCUT2D eigenvalue weighted by Crippen LogP contribution is 2.15. The lowest BCUT2D eigenvalue weighted by Gasteiger charge is -2.20. The van der Waals surface area contributed by atoms with Crippen LogP contribution in [0.4, 0.5) is 0 Å². The van der Waals surface area contributed by atoms with E-state index in [0.717, 1.165) is 38.2 Å². The SMILES string of the molecule is CCCCOCCCNC(C)C(O)c1ccccc1. The van der Waals surface area contributed by atoms with Crippen LogP contribution in [0.25, 0.3) is 0 Å². The molecule has 0 bridgehead atoms. The van der Waals surface area contributed by atoms with E-state index in [1.807, 2.05) is 37.3 Å². The Hall–Kier alpha value is -0.900. The molecule has 1 aromatic carbocycles. The summed E-state index contributed by atoms with van der Waals surface area (Å²) in [4.78, 5) is 0. The lowest BCUT2D eigenvalue weighted by atomic mass is 10.0. The van der Waals surface area contributed by atoms with Crippen LogP contribution >= 0.6 is 0 Å². The molecule has 108 valence electrons. The first kappa shape index (κ1) is 16.2. The molecule has 0 aliphatic carbocycles. The van der Waals surface area contributed by atoms with E-state index in [1.165, 1.54) is 6.42 Å². The highest BCUT2D eigenvalue weighted by Gasteiger charge is 2.14. The van der Waals surface area contributed by atoms with Crippen LogP contribution in [0, 0.1) is 0 Å². The summed E-state index contributed by atoms with van der Waals surface area (Å²) in [6, 6.07) is 9.83. The number of unbranched alkanes of at least 4 members (excludes halogenated alkanes) is 1. The number of benzene rings is 1. The molecular formula is C16H27NO2. The Morgan fingerprint density at radius 3 is 2.53 bits per heavy atom. The third-order valence-electron chi connectivity index (χ3n) is 3.19. The van der Waals surface area contributed by atoms with Crippen LogP contribution in [0.2, 0.25) is 0 Å². The Bertz CT molecular complexity index is 316. The maximum Gasteiger partial charge on any atom is 0.0940 e. The zero-order chi connectivity index (χ0) is 13.9. The van der Waals surface area contributed by atoms with Gasteiger partial charge >= 0.3 is 0 Å². The molecule has 2 unspecified atom stereocenters. The molecular weight excluding hydrogens is 238 g/mol. The number of ether oxygens (including phenoxy) is 1. The monoisotopic (exact) mass is 265 g/mol. The summed E-state index contributed by atoms with van der Waals surface area (Å²) in [5.74, 6) is 0. The minimum Gasteiger partial charge on any atom is -0.387 e. The summed E-state index contributed by atoms with van der Waals surface area (Å²) in [7, 11) is 0. The molecule has 0 radical (unpaired) electrons.